The van der Waals surface area contributed by atoms with Gasteiger partial charge in [0.2, 0.25) is 0 Å². The van der Waals surface area contributed by atoms with Crippen LogP contribution in [0.5, 0.6) is 0 Å². The monoisotopic (exact) mass is 602 g/mol. The van der Waals surface area contributed by atoms with Crippen molar-refractivity contribution in [1.29, 1.82) is 0 Å². The maximum absolute atomic E-state index is 13.0. The lowest BCUT2D eigenvalue weighted by Crippen LogP contribution is -2.17. The average Bonchev–Trinajstić information content (AvgIpc) is 3.60. The SMILES string of the molecule is Cc1cc(/C=N\NC(=O)c2ccc(-n3c(-c4ccccc4)ccc3-c3ccccc3)cc2)c(C)n1-c1ccc(Cl)c(Cl)c1. The summed E-state index contributed by atoms with van der Waals surface area (Å²) in [6.07, 6.45) is 1.65. The van der Waals surface area contributed by atoms with Crippen LogP contribution in [0, 0.1) is 13.8 Å². The number of hydrogen-bond acceptors (Lipinski definition) is 2. The number of hydrogen-bond donors (Lipinski definition) is 1. The molecule has 0 spiro atoms. The topological polar surface area (TPSA) is 51.3 Å². The molecule has 5 nitrogen and oxygen atoms in total. The highest BCUT2D eigenvalue weighted by molar-refractivity contribution is 6.42. The van der Waals surface area contributed by atoms with Crippen LogP contribution in [-0.2, 0) is 0 Å². The number of carbonyl (C=O) groups is 1. The molecule has 0 aliphatic heterocycles. The van der Waals surface area contributed by atoms with E-state index in [1.165, 1.54) is 0 Å². The van der Waals surface area contributed by atoms with Gasteiger partial charge in [-0.05, 0) is 85.6 Å². The molecule has 0 atom stereocenters. The highest BCUT2D eigenvalue weighted by atomic mass is 35.5. The number of amides is 1. The maximum Gasteiger partial charge on any atom is 0.271 e. The molecule has 0 unspecified atom stereocenters. The minimum atomic E-state index is -0.292. The van der Waals surface area contributed by atoms with E-state index < -0.39 is 0 Å². The Labute approximate surface area is 260 Å². The summed E-state index contributed by atoms with van der Waals surface area (Å²) in [5, 5.41) is 5.24. The third kappa shape index (κ3) is 5.78. The lowest BCUT2D eigenvalue weighted by molar-refractivity contribution is 0.0955. The Morgan fingerprint density at radius 2 is 1.26 bits per heavy atom. The smallest absolute Gasteiger partial charge is 0.271 e. The van der Waals surface area contributed by atoms with Gasteiger partial charge in [0.1, 0.15) is 0 Å². The molecule has 0 saturated heterocycles. The van der Waals surface area contributed by atoms with Crippen molar-refractivity contribution in [3.05, 3.63) is 154 Å². The van der Waals surface area contributed by atoms with Gasteiger partial charge in [-0.1, -0.05) is 83.9 Å². The van der Waals surface area contributed by atoms with E-state index in [2.05, 4.69) is 56.1 Å². The Hall–Kier alpha value is -4.84. The molecule has 43 heavy (non-hydrogen) atoms. The van der Waals surface area contributed by atoms with E-state index in [9.17, 15) is 4.79 Å². The second-order valence-electron chi connectivity index (χ2n) is 10.2. The fraction of sp³-hybridized carbons (Fsp3) is 0.0556. The second-order valence-corrected chi connectivity index (χ2v) is 11.0. The Bertz CT molecular complexity index is 1880. The number of hydrazone groups is 1. The predicted molar refractivity (Wildman–Crippen MR) is 177 cm³/mol. The van der Waals surface area contributed by atoms with Gasteiger partial charge in [0.05, 0.1) is 27.6 Å². The van der Waals surface area contributed by atoms with E-state index in [0.717, 1.165) is 50.8 Å². The van der Waals surface area contributed by atoms with Crippen molar-refractivity contribution in [2.24, 2.45) is 5.10 Å². The molecular formula is C36H28Cl2N4O. The standard InChI is InChI=1S/C36H28Cl2N4O/c1-24-21-29(25(2)41(24)31-17-18-32(37)33(38)22-31)23-39-40-36(43)28-13-15-30(16-14-28)42-34(26-9-5-3-6-10-26)19-20-35(42)27-11-7-4-8-12-27/h3-23H,1-2H3,(H,40,43)/b39-23-. The molecule has 2 heterocycles. The molecule has 6 aromatic rings. The molecule has 4 aromatic carbocycles. The number of benzene rings is 4. The van der Waals surface area contributed by atoms with E-state index in [1.54, 1.807) is 12.3 Å². The minimum absolute atomic E-state index is 0.292. The number of nitrogens with one attached hydrogen (secondary N) is 1. The van der Waals surface area contributed by atoms with Gasteiger partial charge in [-0.25, -0.2) is 5.43 Å². The molecule has 0 bridgehead atoms. The van der Waals surface area contributed by atoms with Gasteiger partial charge in [0.15, 0.2) is 0 Å². The number of nitrogens with zero attached hydrogens (tertiary/aromatic N) is 3. The molecule has 0 radical (unpaired) electrons. The number of halogens is 2. The van der Waals surface area contributed by atoms with Crippen LogP contribution in [-0.4, -0.2) is 21.3 Å². The van der Waals surface area contributed by atoms with Crippen molar-refractivity contribution in [1.82, 2.24) is 14.6 Å². The zero-order chi connectivity index (χ0) is 29.9. The van der Waals surface area contributed by atoms with Crippen LogP contribution < -0.4 is 5.43 Å². The third-order valence-corrected chi connectivity index (χ3v) is 8.15. The lowest BCUT2D eigenvalue weighted by atomic mass is 10.1. The summed E-state index contributed by atoms with van der Waals surface area (Å²) < 4.78 is 4.28. The molecule has 0 fully saturated rings. The van der Waals surface area contributed by atoms with Crippen LogP contribution in [0.1, 0.15) is 27.3 Å². The molecule has 1 amide bonds. The first-order chi connectivity index (χ1) is 20.9. The zero-order valence-corrected chi connectivity index (χ0v) is 25.1. The van der Waals surface area contributed by atoms with Crippen LogP contribution in [0.25, 0.3) is 33.9 Å². The number of aryl methyl sites for hydroxylation is 1. The molecule has 6 rings (SSSR count). The Balaban J connectivity index is 1.23. The van der Waals surface area contributed by atoms with Gasteiger partial charge in [-0.3, -0.25) is 4.79 Å². The lowest BCUT2D eigenvalue weighted by Gasteiger charge is -2.15. The molecule has 212 valence electrons. The van der Waals surface area contributed by atoms with Crippen LogP contribution in [0.4, 0.5) is 0 Å². The van der Waals surface area contributed by atoms with Crippen molar-refractivity contribution in [3.63, 3.8) is 0 Å². The van der Waals surface area contributed by atoms with Gasteiger partial charge in [-0.15, -0.1) is 0 Å². The molecule has 0 aliphatic rings. The fourth-order valence-corrected chi connectivity index (χ4v) is 5.60. The van der Waals surface area contributed by atoms with E-state index in [0.29, 0.717) is 15.6 Å². The summed E-state index contributed by atoms with van der Waals surface area (Å²) in [6.45, 7) is 4.00. The summed E-state index contributed by atoms with van der Waals surface area (Å²) in [5.41, 5.74) is 12.3. The predicted octanol–water partition coefficient (Wildman–Crippen LogP) is 9.29. The Morgan fingerprint density at radius 3 is 1.84 bits per heavy atom. The van der Waals surface area contributed by atoms with Gasteiger partial charge in [0.25, 0.3) is 5.91 Å². The van der Waals surface area contributed by atoms with Crippen molar-refractivity contribution in [2.45, 2.75) is 13.8 Å². The molecule has 7 heteroatoms. The molecule has 2 aromatic heterocycles. The summed E-state index contributed by atoms with van der Waals surface area (Å²) in [4.78, 5) is 13.0. The first-order valence-electron chi connectivity index (χ1n) is 13.8. The Morgan fingerprint density at radius 1 is 0.674 bits per heavy atom. The van der Waals surface area contributed by atoms with Gasteiger partial charge >= 0.3 is 0 Å². The molecule has 1 N–H and O–H groups in total. The number of carbonyl (C=O) groups excluding carboxylic acids is 1. The van der Waals surface area contributed by atoms with Crippen LogP contribution >= 0.6 is 23.2 Å². The normalized spacial score (nSPS) is 11.3. The average molecular weight is 604 g/mol. The van der Waals surface area contributed by atoms with Crippen molar-refractivity contribution in [2.75, 3.05) is 0 Å². The quantitative estimate of drug-likeness (QED) is 0.144. The van der Waals surface area contributed by atoms with E-state index >= 15 is 0 Å². The fourth-order valence-electron chi connectivity index (χ4n) is 5.31. The van der Waals surface area contributed by atoms with E-state index in [-0.39, 0.29) is 5.91 Å². The first-order valence-corrected chi connectivity index (χ1v) is 14.6. The summed E-state index contributed by atoms with van der Waals surface area (Å²) in [5.74, 6) is -0.292. The summed E-state index contributed by atoms with van der Waals surface area (Å²) in [6, 6.07) is 39.9. The van der Waals surface area contributed by atoms with Gasteiger partial charge in [0, 0.05) is 33.9 Å². The van der Waals surface area contributed by atoms with Crippen LogP contribution in [0.15, 0.2) is 126 Å². The van der Waals surface area contributed by atoms with E-state index in [4.69, 9.17) is 23.2 Å². The van der Waals surface area contributed by atoms with Gasteiger partial charge < -0.3 is 9.13 Å². The number of rotatable bonds is 7. The van der Waals surface area contributed by atoms with Crippen molar-refractivity contribution in [3.8, 4) is 33.9 Å². The third-order valence-electron chi connectivity index (χ3n) is 7.41. The van der Waals surface area contributed by atoms with E-state index in [1.807, 2.05) is 92.7 Å². The van der Waals surface area contributed by atoms with Crippen LogP contribution in [0.2, 0.25) is 10.0 Å². The largest absolute Gasteiger partial charge is 0.318 e. The summed E-state index contributed by atoms with van der Waals surface area (Å²) in [7, 11) is 0. The second kappa shape index (κ2) is 12.2. The van der Waals surface area contributed by atoms with Crippen molar-refractivity contribution >= 4 is 35.3 Å². The molecule has 0 saturated carbocycles. The van der Waals surface area contributed by atoms with Crippen LogP contribution in [0.3, 0.4) is 0 Å². The van der Waals surface area contributed by atoms with Gasteiger partial charge in [-0.2, -0.15) is 5.10 Å². The number of aromatic nitrogens is 2. The zero-order valence-electron chi connectivity index (χ0n) is 23.6. The highest BCUT2D eigenvalue weighted by Gasteiger charge is 2.15. The first kappa shape index (κ1) is 28.3. The Kier molecular flexibility index (Phi) is 8.01. The van der Waals surface area contributed by atoms with Crippen molar-refractivity contribution < 1.29 is 4.79 Å². The summed E-state index contributed by atoms with van der Waals surface area (Å²) >= 11 is 12.3. The minimum Gasteiger partial charge on any atom is -0.318 e. The highest BCUT2D eigenvalue weighted by Crippen LogP contribution is 2.32. The molecule has 0 aliphatic carbocycles. The molecular weight excluding hydrogens is 575 g/mol. The maximum atomic E-state index is 13.0.